The van der Waals surface area contributed by atoms with Crippen LogP contribution in [0.4, 0.5) is 5.69 Å². The van der Waals surface area contributed by atoms with Gasteiger partial charge in [0, 0.05) is 221 Å². The van der Waals surface area contributed by atoms with E-state index in [-0.39, 0.29) is 72.2 Å². The number of pyridine rings is 6. The highest BCUT2D eigenvalue weighted by Gasteiger charge is 2.33. The van der Waals surface area contributed by atoms with Crippen LogP contribution < -0.4 is 65.9 Å². The van der Waals surface area contributed by atoms with Gasteiger partial charge in [0.25, 0.3) is 34.4 Å². The molecule has 3 aromatic carbocycles. The highest BCUT2D eigenvalue weighted by molar-refractivity contribution is 5.99. The Bertz CT molecular complexity index is 6360. The van der Waals surface area contributed by atoms with Crippen molar-refractivity contribution in [1.29, 1.82) is 0 Å². The summed E-state index contributed by atoms with van der Waals surface area (Å²) in [7, 11) is 13.9. The van der Waals surface area contributed by atoms with Gasteiger partial charge in [-0.05, 0) is 251 Å². The average molecular weight is 1800 g/mol. The molecule has 132 heavy (non-hydrogen) atoms. The van der Waals surface area contributed by atoms with Crippen molar-refractivity contribution in [2.75, 3.05) is 154 Å². The number of anilines is 1. The van der Waals surface area contributed by atoms with Crippen LogP contribution in [0.25, 0.3) is 49.9 Å². The molecule has 13 heterocycles. The number of nitrogens with one attached hydrogen (secondary N) is 6. The third kappa shape index (κ3) is 20.6. The second kappa shape index (κ2) is 42.0. The van der Waals surface area contributed by atoms with E-state index in [4.69, 9.17) is 42.6 Å². The number of rotatable bonds is 26. The topological polar surface area (TPSA) is 298 Å². The Labute approximate surface area is 771 Å². The van der Waals surface area contributed by atoms with Gasteiger partial charge in [-0.15, -0.1) is 0 Å². The van der Waals surface area contributed by atoms with Crippen LogP contribution in [0.15, 0.2) is 136 Å². The lowest BCUT2D eigenvalue weighted by atomic mass is 9.97. The Hall–Kier alpha value is -12.5. The molecule has 3 unspecified atom stereocenters. The van der Waals surface area contributed by atoms with E-state index in [0.717, 1.165) is 196 Å². The molecule has 29 nitrogen and oxygen atoms in total. The van der Waals surface area contributed by atoms with Crippen molar-refractivity contribution in [3.63, 3.8) is 0 Å². The van der Waals surface area contributed by atoms with Gasteiger partial charge in [0.2, 0.25) is 11.5 Å². The number of methoxy groups -OCH3 is 6. The summed E-state index contributed by atoms with van der Waals surface area (Å²) >= 11 is 0. The van der Waals surface area contributed by atoms with Crippen LogP contribution >= 0.6 is 0 Å². The van der Waals surface area contributed by atoms with Crippen molar-refractivity contribution in [1.82, 2.24) is 63.7 Å². The number of aromatic amines is 3. The smallest absolute Gasteiger partial charge is 0.253 e. The number of piperidine rings is 1. The standard InChI is InChI=1S/C36H47N5O5.C34H41N5O4.C33H40N4O6/c1-21-14-22(2)38-36(43)30(21)19-37-35(42)29-18-28-15-26(25-16-31(44-7)34(46-9)32(17-25)45-8)20-41(28)33(23(29)3)24(4)40-12-10-27(11-13-40)39(5)6;1-22-17-23(2)36-34(41)31(22)20-35-33(40)30-19-29-18-27(26-5-7-28(8-6-26)38-11-15-43-16-12-38)21-39(29)32(24(30)3)25(4)37-9-13-42-14-10-37;1-19-12-20(2)35-33(39)27(19)17-34-32(38)26-16-25-13-24(23-14-28(40-5)31(42-7)29(15-23)41-6)18-37(25)30(21(26)3)22(4)36-8-10-43-11-9-36/h14-18,20,24,27H,10-13,19H2,1-9H3,(H,37,42)(H,38,43);5-8,17-19,21,25H,9-16,20H2,1-4H3,(H,35,40)(H,36,41);12-16,18,22H,8-11,17H2,1-7H3,(H,34,38)(H,35,39). The molecular weight excluding hydrogens is 1670 g/mol. The van der Waals surface area contributed by atoms with E-state index in [9.17, 15) is 28.8 Å². The van der Waals surface area contributed by atoms with E-state index in [1.807, 2.05) is 123 Å². The highest BCUT2D eigenvalue weighted by Crippen LogP contribution is 2.45. The van der Waals surface area contributed by atoms with Crippen molar-refractivity contribution in [3.05, 3.63) is 254 Å². The summed E-state index contributed by atoms with van der Waals surface area (Å²) in [5.41, 5.74) is 23.6. The zero-order valence-electron chi connectivity index (χ0n) is 80.0. The fourth-order valence-electron chi connectivity index (χ4n) is 19.4. The first kappa shape index (κ1) is 95.6. The molecule has 16 rings (SSSR count). The Morgan fingerprint density at radius 3 is 0.970 bits per heavy atom. The van der Waals surface area contributed by atoms with Gasteiger partial charge in [-0.2, -0.15) is 0 Å². The number of morpholine rings is 3. The minimum absolute atomic E-state index is 0.0153. The molecule has 0 radical (unpaired) electrons. The largest absolute Gasteiger partial charge is 0.493 e. The van der Waals surface area contributed by atoms with Crippen LogP contribution in [0.3, 0.4) is 0 Å². The molecule has 29 heteroatoms. The third-order valence-electron chi connectivity index (χ3n) is 26.8. The Balaban J connectivity index is 0.000000159. The summed E-state index contributed by atoms with van der Waals surface area (Å²) in [6.45, 7) is 35.6. The van der Waals surface area contributed by atoms with Crippen LogP contribution in [-0.4, -0.2) is 220 Å². The number of aromatic nitrogens is 6. The van der Waals surface area contributed by atoms with Gasteiger partial charge in [0.15, 0.2) is 23.0 Å². The number of hydrogen-bond acceptors (Lipinski definition) is 20. The van der Waals surface area contributed by atoms with Gasteiger partial charge in [-0.3, -0.25) is 43.5 Å². The van der Waals surface area contributed by atoms with Crippen molar-refractivity contribution < 1.29 is 57.0 Å². The number of nitrogens with zero attached hydrogens (tertiary/aromatic N) is 8. The minimum Gasteiger partial charge on any atom is -0.493 e. The second-order valence-electron chi connectivity index (χ2n) is 35.2. The van der Waals surface area contributed by atoms with Gasteiger partial charge >= 0.3 is 0 Å². The van der Waals surface area contributed by atoms with Crippen molar-refractivity contribution >= 4 is 40.0 Å². The maximum absolute atomic E-state index is 13.9. The van der Waals surface area contributed by atoms with Gasteiger partial charge in [0.05, 0.1) is 82.3 Å². The maximum Gasteiger partial charge on any atom is 0.253 e. The fraction of sp³-hybridized carbons (Fsp3) is 0.417. The number of benzene rings is 3. The van der Waals surface area contributed by atoms with E-state index in [0.29, 0.717) is 100 Å². The number of amides is 3. The Kier molecular flexibility index (Phi) is 30.4. The summed E-state index contributed by atoms with van der Waals surface area (Å²) < 4.78 is 56.9. The second-order valence-corrected chi connectivity index (χ2v) is 35.2. The molecule has 0 saturated carbocycles. The number of carbonyl (C=O) groups is 3. The number of hydrogen-bond donors (Lipinski definition) is 6. The van der Waals surface area contributed by atoms with E-state index in [1.165, 1.54) is 5.69 Å². The molecule has 6 N–H and O–H groups in total. The molecule has 0 bridgehead atoms. The zero-order chi connectivity index (χ0) is 94.2. The fourth-order valence-corrected chi connectivity index (χ4v) is 19.4. The first-order chi connectivity index (χ1) is 63.4. The molecular formula is C103H128N14O15. The molecule has 4 aliphatic rings. The molecule has 9 aromatic heterocycles. The molecule has 3 amide bonds. The number of ether oxygens (including phenoxy) is 9. The Morgan fingerprint density at radius 1 is 0.386 bits per heavy atom. The highest BCUT2D eigenvalue weighted by atomic mass is 16.5. The molecule has 0 spiro atoms. The molecule has 4 saturated heterocycles. The van der Waals surface area contributed by atoms with Crippen LogP contribution in [-0.2, 0) is 33.8 Å². The predicted octanol–water partition coefficient (Wildman–Crippen LogP) is 14.2. The maximum atomic E-state index is 13.9. The van der Waals surface area contributed by atoms with Crippen molar-refractivity contribution in [2.24, 2.45) is 0 Å². The zero-order valence-corrected chi connectivity index (χ0v) is 80.0. The predicted molar refractivity (Wildman–Crippen MR) is 516 cm³/mol. The van der Waals surface area contributed by atoms with Crippen LogP contribution in [0.2, 0.25) is 0 Å². The van der Waals surface area contributed by atoms with E-state index < -0.39 is 0 Å². The normalized spacial score (nSPS) is 15.4. The lowest BCUT2D eigenvalue weighted by Crippen LogP contribution is -2.43. The summed E-state index contributed by atoms with van der Waals surface area (Å²) in [6, 6.07) is 35.0. The monoisotopic (exact) mass is 1800 g/mol. The number of fused-ring (bicyclic) bond motifs is 3. The molecule has 3 atom stereocenters. The molecule has 700 valence electrons. The Morgan fingerprint density at radius 2 is 0.682 bits per heavy atom. The lowest BCUT2D eigenvalue weighted by Gasteiger charge is -2.39. The third-order valence-corrected chi connectivity index (χ3v) is 26.8. The number of H-pyrrole nitrogens is 3. The SMILES string of the molecule is COc1cc(-c2cc3cc(C(=O)NCc4c(C)cc(C)[nH]c4=O)c(C)c(C(C)N4CCC(N(C)C)CC4)n3c2)cc(OC)c1OC.COc1cc(-c2cc3cc(C(=O)NCc4c(C)cc(C)[nH]c4=O)c(C)c(C(C)N4CCOCC4)n3c2)cc(OC)c1OC.Cc1cc(C)c(CNC(=O)c2cc3cc(-c4ccc(N5CCOCC5)cc4)cn3c(C(C)N3CCOCC3)c2C)c(=O)[nH]1. The summed E-state index contributed by atoms with van der Waals surface area (Å²) in [4.78, 5) is 99.6. The first-order valence-corrected chi connectivity index (χ1v) is 45.4. The minimum atomic E-state index is -0.231. The van der Waals surface area contributed by atoms with E-state index >= 15 is 0 Å². The van der Waals surface area contributed by atoms with Gasteiger partial charge < -0.3 is 96.5 Å². The quantitative estimate of drug-likeness (QED) is 0.0293. The van der Waals surface area contributed by atoms with E-state index in [2.05, 4.69) is 165 Å². The van der Waals surface area contributed by atoms with Crippen LogP contribution in [0.1, 0.15) is 167 Å². The van der Waals surface area contributed by atoms with Crippen molar-refractivity contribution in [2.45, 2.75) is 140 Å². The van der Waals surface area contributed by atoms with Crippen molar-refractivity contribution in [3.8, 4) is 67.9 Å². The summed E-state index contributed by atoms with van der Waals surface area (Å²) in [6.07, 6.45) is 8.58. The van der Waals surface area contributed by atoms with Crippen LogP contribution in [0, 0.1) is 62.3 Å². The molecule has 12 aromatic rings. The average Bonchev–Trinajstić information content (AvgIpc) is 1.53. The first-order valence-electron chi connectivity index (χ1n) is 45.4. The molecule has 4 aliphatic heterocycles. The molecule has 4 fully saturated rings. The number of likely N-dealkylation sites (tertiary alicyclic amines) is 1. The summed E-state index contributed by atoms with van der Waals surface area (Å²) in [5.74, 6) is 2.69. The van der Waals surface area contributed by atoms with E-state index in [1.54, 1.807) is 42.7 Å². The number of carbonyl (C=O) groups excluding carboxylic acids is 3. The van der Waals surface area contributed by atoms with Gasteiger partial charge in [0.1, 0.15) is 0 Å². The number of aryl methyl sites for hydroxylation is 6. The van der Waals surface area contributed by atoms with Gasteiger partial charge in [-0.1, -0.05) is 12.1 Å². The van der Waals surface area contributed by atoms with Gasteiger partial charge in [-0.25, -0.2) is 0 Å². The molecule has 0 aliphatic carbocycles. The van der Waals surface area contributed by atoms with Crippen LogP contribution in [0.5, 0.6) is 34.5 Å². The summed E-state index contributed by atoms with van der Waals surface area (Å²) in [5, 5.41) is 9.06. The lowest BCUT2D eigenvalue weighted by molar-refractivity contribution is 0.0187.